The van der Waals surface area contributed by atoms with Gasteiger partial charge in [-0.05, 0) is 22.9 Å². The van der Waals surface area contributed by atoms with E-state index in [2.05, 4.69) is 30.9 Å². The summed E-state index contributed by atoms with van der Waals surface area (Å²) in [4.78, 5) is 12.2. The van der Waals surface area contributed by atoms with Gasteiger partial charge in [-0.1, -0.05) is 0 Å². The van der Waals surface area contributed by atoms with Gasteiger partial charge in [0.2, 0.25) is 0 Å². The number of nitrogens with zero attached hydrogens (tertiary/aromatic N) is 4. The van der Waals surface area contributed by atoms with E-state index in [0.717, 1.165) is 0 Å². The Morgan fingerprint density at radius 2 is 2.20 bits per heavy atom. The molecule has 4 atom stereocenters. The number of halogens is 1. The topological polar surface area (TPSA) is 114 Å². The minimum Gasteiger partial charge on any atom is -0.394 e. The molecular formula is C11H13BrN4O4. The number of aliphatic hydroxyl groups excluding tert-OH is 2. The van der Waals surface area contributed by atoms with Crippen LogP contribution in [0.25, 0.3) is 11.2 Å². The lowest BCUT2D eigenvalue weighted by Gasteiger charge is -2.27. The molecule has 2 aromatic rings. The Bertz CT molecular complexity index is 646. The Morgan fingerprint density at radius 1 is 1.45 bits per heavy atom. The zero-order chi connectivity index (χ0) is 14.5. The van der Waals surface area contributed by atoms with Gasteiger partial charge >= 0.3 is 0 Å². The van der Waals surface area contributed by atoms with Crippen LogP contribution in [0.5, 0.6) is 0 Å². The molecule has 0 spiro atoms. The average molecular weight is 345 g/mol. The highest BCUT2D eigenvalue weighted by Gasteiger charge is 2.53. The number of hydrogen-bond donors (Lipinski definition) is 3. The number of ether oxygens (including phenoxy) is 1. The van der Waals surface area contributed by atoms with E-state index in [0.29, 0.717) is 15.8 Å². The van der Waals surface area contributed by atoms with Crippen LogP contribution >= 0.6 is 15.9 Å². The third-order valence-corrected chi connectivity index (χ3v) is 4.08. The van der Waals surface area contributed by atoms with Crippen LogP contribution in [-0.2, 0) is 4.74 Å². The first-order valence-electron chi connectivity index (χ1n) is 5.96. The maximum absolute atomic E-state index is 10.4. The Labute approximate surface area is 122 Å². The summed E-state index contributed by atoms with van der Waals surface area (Å²) >= 11 is 3.27. The molecule has 0 amide bonds. The molecule has 1 unspecified atom stereocenters. The van der Waals surface area contributed by atoms with E-state index in [9.17, 15) is 15.3 Å². The van der Waals surface area contributed by atoms with Gasteiger partial charge in [-0.15, -0.1) is 0 Å². The molecule has 0 saturated carbocycles. The summed E-state index contributed by atoms with van der Waals surface area (Å²) in [7, 11) is 0. The van der Waals surface area contributed by atoms with Crippen LogP contribution in [0.4, 0.5) is 0 Å². The van der Waals surface area contributed by atoms with Crippen molar-refractivity contribution in [2.45, 2.75) is 31.0 Å². The van der Waals surface area contributed by atoms with Gasteiger partial charge in [0.1, 0.15) is 34.3 Å². The normalized spacial score (nSPS) is 34.0. The van der Waals surface area contributed by atoms with Crippen LogP contribution in [0.2, 0.25) is 0 Å². The predicted molar refractivity (Wildman–Crippen MR) is 70.6 cm³/mol. The van der Waals surface area contributed by atoms with E-state index < -0.39 is 24.0 Å². The first-order chi connectivity index (χ1) is 9.46. The highest BCUT2D eigenvalue weighted by Crippen LogP contribution is 2.39. The van der Waals surface area contributed by atoms with Crippen molar-refractivity contribution in [2.75, 3.05) is 6.61 Å². The van der Waals surface area contributed by atoms with E-state index in [1.807, 2.05) is 0 Å². The fraction of sp³-hybridized carbons (Fsp3) is 0.545. The van der Waals surface area contributed by atoms with Gasteiger partial charge in [-0.3, -0.25) is 4.57 Å². The minimum absolute atomic E-state index is 0.390. The summed E-state index contributed by atoms with van der Waals surface area (Å²) in [6.07, 6.45) is -0.163. The monoisotopic (exact) mass is 344 g/mol. The van der Waals surface area contributed by atoms with Crippen molar-refractivity contribution in [3.63, 3.8) is 0 Å². The van der Waals surface area contributed by atoms with Crippen molar-refractivity contribution in [2.24, 2.45) is 0 Å². The molecule has 0 radical (unpaired) electrons. The Hall–Kier alpha value is -1.13. The van der Waals surface area contributed by atoms with Gasteiger partial charge in [0, 0.05) is 0 Å². The molecular weight excluding hydrogens is 332 g/mol. The highest BCUT2D eigenvalue weighted by atomic mass is 79.9. The zero-order valence-electron chi connectivity index (χ0n) is 10.5. The summed E-state index contributed by atoms with van der Waals surface area (Å²) < 4.78 is 7.57. The molecule has 1 fully saturated rings. The number of aromatic nitrogens is 4. The van der Waals surface area contributed by atoms with E-state index in [1.54, 1.807) is 0 Å². The minimum atomic E-state index is -1.57. The summed E-state index contributed by atoms with van der Waals surface area (Å²) in [6.45, 7) is 1.05. The molecule has 1 saturated heterocycles. The summed E-state index contributed by atoms with van der Waals surface area (Å²) in [5, 5.41) is 29.6. The predicted octanol–water partition coefficient (Wildman–Crippen LogP) is -0.410. The van der Waals surface area contributed by atoms with Crippen molar-refractivity contribution in [3.05, 3.63) is 17.3 Å². The molecule has 0 aliphatic carbocycles. The fourth-order valence-electron chi connectivity index (χ4n) is 2.39. The van der Waals surface area contributed by atoms with Gasteiger partial charge in [-0.2, -0.15) is 0 Å². The van der Waals surface area contributed by atoms with Crippen molar-refractivity contribution >= 4 is 27.1 Å². The second kappa shape index (κ2) is 4.71. The van der Waals surface area contributed by atoms with E-state index in [-0.39, 0.29) is 6.61 Å². The van der Waals surface area contributed by atoms with E-state index in [1.165, 1.54) is 24.1 Å². The fourth-order valence-corrected chi connectivity index (χ4v) is 2.76. The molecule has 20 heavy (non-hydrogen) atoms. The molecule has 2 aromatic heterocycles. The molecule has 8 nitrogen and oxygen atoms in total. The SMILES string of the molecule is C[C@]1(O)C(n2cnc3c(Br)ncnc32)O[C@H](CO)[C@H]1O. The van der Waals surface area contributed by atoms with E-state index in [4.69, 9.17) is 4.74 Å². The second-order valence-corrected chi connectivity index (χ2v) is 5.62. The van der Waals surface area contributed by atoms with Crippen molar-refractivity contribution in [1.29, 1.82) is 0 Å². The van der Waals surface area contributed by atoms with Gasteiger partial charge in [0.05, 0.1) is 12.9 Å². The molecule has 9 heteroatoms. The molecule has 1 aliphatic rings. The second-order valence-electron chi connectivity index (χ2n) is 4.87. The van der Waals surface area contributed by atoms with Crippen LogP contribution in [-0.4, -0.2) is 59.3 Å². The quantitative estimate of drug-likeness (QED) is 0.634. The molecule has 3 heterocycles. The van der Waals surface area contributed by atoms with Crippen LogP contribution in [0.3, 0.4) is 0 Å². The molecule has 3 rings (SSSR count). The highest BCUT2D eigenvalue weighted by molar-refractivity contribution is 9.10. The Morgan fingerprint density at radius 3 is 2.85 bits per heavy atom. The zero-order valence-corrected chi connectivity index (χ0v) is 12.1. The Balaban J connectivity index is 2.10. The number of fused-ring (bicyclic) bond motifs is 1. The average Bonchev–Trinajstić information content (AvgIpc) is 2.92. The van der Waals surface area contributed by atoms with Crippen molar-refractivity contribution in [3.8, 4) is 0 Å². The summed E-state index contributed by atoms with van der Waals surface area (Å²) in [5.74, 6) is 0. The van der Waals surface area contributed by atoms with Crippen molar-refractivity contribution in [1.82, 2.24) is 19.5 Å². The Kier molecular flexibility index (Phi) is 3.26. The van der Waals surface area contributed by atoms with Gasteiger partial charge < -0.3 is 20.1 Å². The molecule has 0 aromatic carbocycles. The van der Waals surface area contributed by atoms with Crippen LogP contribution in [0.1, 0.15) is 13.2 Å². The maximum atomic E-state index is 10.4. The lowest BCUT2D eigenvalue weighted by Crippen LogP contribution is -2.44. The standard InChI is InChI=1S/C11H13BrN4O4/c1-11(19)7(18)5(2-17)20-10(11)16-4-15-6-8(12)13-3-14-9(6)16/h3-5,7,10,17-19H,2H2,1H3/t5-,7-,10?,11-/m1/s1. The van der Waals surface area contributed by atoms with Crippen LogP contribution < -0.4 is 0 Å². The number of hydrogen-bond acceptors (Lipinski definition) is 7. The maximum Gasteiger partial charge on any atom is 0.168 e. The number of rotatable bonds is 2. The molecule has 0 bridgehead atoms. The largest absolute Gasteiger partial charge is 0.394 e. The molecule has 3 N–H and O–H groups in total. The van der Waals surface area contributed by atoms with Crippen LogP contribution in [0.15, 0.2) is 17.3 Å². The van der Waals surface area contributed by atoms with Crippen LogP contribution in [0, 0.1) is 0 Å². The first-order valence-corrected chi connectivity index (χ1v) is 6.76. The van der Waals surface area contributed by atoms with Crippen molar-refractivity contribution < 1.29 is 20.1 Å². The third-order valence-electron chi connectivity index (χ3n) is 3.50. The van der Waals surface area contributed by atoms with Gasteiger partial charge in [-0.25, -0.2) is 15.0 Å². The first kappa shape index (κ1) is 13.8. The lowest BCUT2D eigenvalue weighted by atomic mass is 9.96. The molecule has 1 aliphatic heterocycles. The van der Waals surface area contributed by atoms with Gasteiger partial charge in [0.15, 0.2) is 11.9 Å². The van der Waals surface area contributed by atoms with E-state index >= 15 is 0 Å². The lowest BCUT2D eigenvalue weighted by molar-refractivity contribution is -0.0950. The molecule has 108 valence electrons. The number of imidazole rings is 1. The summed E-state index contributed by atoms with van der Waals surface area (Å²) in [5.41, 5.74) is -0.588. The van der Waals surface area contributed by atoms with Gasteiger partial charge in [0.25, 0.3) is 0 Å². The third kappa shape index (κ3) is 1.85. The summed E-state index contributed by atoms with van der Waals surface area (Å²) in [6, 6.07) is 0. The smallest absolute Gasteiger partial charge is 0.168 e. The number of aliphatic hydroxyl groups is 3.